The van der Waals surface area contributed by atoms with Crippen LogP contribution in [0, 0.1) is 5.82 Å². The average Bonchev–Trinajstić information content (AvgIpc) is 2.41. The maximum atomic E-state index is 13.9. The van der Waals surface area contributed by atoms with Crippen LogP contribution >= 0.6 is 27.5 Å². The third-order valence-electron chi connectivity index (χ3n) is 2.87. The second-order valence-corrected chi connectivity index (χ2v) is 5.73. The smallest absolute Gasteiger partial charge is 0.131 e. The fourth-order valence-electron chi connectivity index (χ4n) is 1.83. The first-order valence-corrected chi connectivity index (χ1v) is 7.11. The van der Waals surface area contributed by atoms with Crippen molar-refractivity contribution in [2.75, 3.05) is 7.11 Å². The zero-order valence-corrected chi connectivity index (χ0v) is 12.7. The van der Waals surface area contributed by atoms with Crippen molar-refractivity contribution in [1.82, 2.24) is 0 Å². The second-order valence-electron chi connectivity index (χ2n) is 4.19. The van der Waals surface area contributed by atoms with Crippen molar-refractivity contribution >= 4 is 27.5 Å². The van der Waals surface area contributed by atoms with Gasteiger partial charge in [0.1, 0.15) is 11.6 Å². The fraction of sp³-hybridized carbons (Fsp3) is 0.200. The summed E-state index contributed by atoms with van der Waals surface area (Å²) in [6.07, 6.45) is 0.695. The zero-order valence-electron chi connectivity index (χ0n) is 10.4. The van der Waals surface area contributed by atoms with Gasteiger partial charge in [-0.25, -0.2) is 4.39 Å². The molecule has 1 nitrogen and oxygen atoms in total. The number of ether oxygens (including phenoxy) is 1. The van der Waals surface area contributed by atoms with Gasteiger partial charge in [-0.05, 0) is 30.2 Å². The number of halogens is 3. The highest BCUT2D eigenvalue weighted by atomic mass is 79.9. The summed E-state index contributed by atoms with van der Waals surface area (Å²) in [5.41, 5.74) is 1.72. The second kappa shape index (κ2) is 6.40. The maximum Gasteiger partial charge on any atom is 0.131 e. The SMILES string of the molecule is COc1ccc(C(Br)Cc2ccc(Cl)cc2)c(F)c1. The molecule has 0 saturated heterocycles. The Hall–Kier alpha value is -1.06. The first-order valence-electron chi connectivity index (χ1n) is 5.82. The van der Waals surface area contributed by atoms with Gasteiger partial charge in [0.25, 0.3) is 0 Å². The lowest BCUT2D eigenvalue weighted by molar-refractivity contribution is 0.410. The Morgan fingerprint density at radius 3 is 2.47 bits per heavy atom. The number of methoxy groups -OCH3 is 1. The molecule has 0 saturated carbocycles. The van der Waals surface area contributed by atoms with Crippen LogP contribution in [-0.2, 0) is 6.42 Å². The highest BCUT2D eigenvalue weighted by molar-refractivity contribution is 9.09. The van der Waals surface area contributed by atoms with E-state index in [1.165, 1.54) is 13.2 Å². The van der Waals surface area contributed by atoms with Crippen molar-refractivity contribution in [2.24, 2.45) is 0 Å². The summed E-state index contributed by atoms with van der Waals surface area (Å²) >= 11 is 9.36. The fourth-order valence-corrected chi connectivity index (χ4v) is 2.70. The van der Waals surface area contributed by atoms with Crippen molar-refractivity contribution in [1.29, 1.82) is 0 Å². The molecule has 0 aliphatic carbocycles. The highest BCUT2D eigenvalue weighted by Gasteiger charge is 2.14. The molecule has 0 N–H and O–H groups in total. The minimum absolute atomic E-state index is 0.0837. The number of alkyl halides is 1. The summed E-state index contributed by atoms with van der Waals surface area (Å²) in [4.78, 5) is -0.0837. The van der Waals surface area contributed by atoms with Crippen LogP contribution in [0.15, 0.2) is 42.5 Å². The molecule has 1 atom stereocenters. The van der Waals surface area contributed by atoms with Gasteiger partial charge < -0.3 is 4.74 Å². The predicted octanol–water partition coefficient (Wildman–Crippen LogP) is 5.17. The van der Waals surface area contributed by atoms with Gasteiger partial charge in [-0.15, -0.1) is 0 Å². The molecular weight excluding hydrogens is 331 g/mol. The van der Waals surface area contributed by atoms with E-state index in [1.54, 1.807) is 12.1 Å². The molecule has 0 bridgehead atoms. The number of hydrogen-bond acceptors (Lipinski definition) is 1. The molecule has 19 heavy (non-hydrogen) atoms. The Labute approximate surface area is 125 Å². The molecular formula is C15H13BrClFO. The maximum absolute atomic E-state index is 13.9. The summed E-state index contributed by atoms with van der Waals surface area (Å²) in [5, 5.41) is 0.700. The van der Waals surface area contributed by atoms with E-state index in [4.69, 9.17) is 16.3 Å². The van der Waals surface area contributed by atoms with Crippen LogP contribution in [0.1, 0.15) is 16.0 Å². The van der Waals surface area contributed by atoms with E-state index < -0.39 is 0 Å². The van der Waals surface area contributed by atoms with E-state index in [0.29, 0.717) is 22.8 Å². The largest absolute Gasteiger partial charge is 0.497 e. The first-order chi connectivity index (χ1) is 9.10. The van der Waals surface area contributed by atoms with Gasteiger partial charge >= 0.3 is 0 Å². The van der Waals surface area contributed by atoms with Crippen LogP contribution in [0.2, 0.25) is 5.02 Å². The van der Waals surface area contributed by atoms with Gasteiger partial charge in [0.2, 0.25) is 0 Å². The van der Waals surface area contributed by atoms with Crippen molar-refractivity contribution < 1.29 is 9.13 Å². The van der Waals surface area contributed by atoms with Crippen LogP contribution in [0.3, 0.4) is 0 Å². The molecule has 2 aromatic rings. The average molecular weight is 344 g/mol. The Kier molecular flexibility index (Phi) is 4.83. The molecule has 1 unspecified atom stereocenters. The molecule has 0 radical (unpaired) electrons. The number of hydrogen-bond donors (Lipinski definition) is 0. The molecule has 100 valence electrons. The zero-order chi connectivity index (χ0) is 13.8. The molecule has 0 heterocycles. The Morgan fingerprint density at radius 2 is 1.89 bits per heavy atom. The van der Waals surface area contributed by atoms with E-state index in [0.717, 1.165) is 5.56 Å². The lowest BCUT2D eigenvalue weighted by Crippen LogP contribution is -1.99. The Morgan fingerprint density at radius 1 is 1.21 bits per heavy atom. The van der Waals surface area contributed by atoms with Crippen LogP contribution in [0.5, 0.6) is 5.75 Å². The predicted molar refractivity (Wildman–Crippen MR) is 79.8 cm³/mol. The van der Waals surface area contributed by atoms with Crippen LogP contribution in [0.4, 0.5) is 4.39 Å². The van der Waals surface area contributed by atoms with Gasteiger partial charge in [-0.2, -0.15) is 0 Å². The molecule has 0 spiro atoms. The van der Waals surface area contributed by atoms with E-state index in [-0.39, 0.29) is 10.6 Å². The minimum atomic E-state index is -0.268. The summed E-state index contributed by atoms with van der Waals surface area (Å²) < 4.78 is 18.9. The summed E-state index contributed by atoms with van der Waals surface area (Å²) in [5.74, 6) is 0.252. The number of benzene rings is 2. The quantitative estimate of drug-likeness (QED) is 0.696. The molecule has 0 aliphatic rings. The van der Waals surface area contributed by atoms with E-state index in [1.807, 2.05) is 24.3 Å². The normalized spacial score (nSPS) is 12.2. The van der Waals surface area contributed by atoms with Crippen molar-refractivity contribution in [2.45, 2.75) is 11.2 Å². The van der Waals surface area contributed by atoms with Crippen molar-refractivity contribution in [3.8, 4) is 5.75 Å². The Bertz CT molecular complexity index is 557. The van der Waals surface area contributed by atoms with E-state index >= 15 is 0 Å². The standard InChI is InChI=1S/C15H13BrClFO/c1-19-12-6-7-13(15(18)9-12)14(16)8-10-2-4-11(17)5-3-10/h2-7,9,14H,8H2,1H3. The van der Waals surface area contributed by atoms with Gasteiger partial charge in [0, 0.05) is 21.5 Å². The van der Waals surface area contributed by atoms with Crippen molar-refractivity contribution in [3.05, 3.63) is 64.4 Å². The molecule has 0 amide bonds. The summed E-state index contributed by atoms with van der Waals surface area (Å²) in [6, 6.07) is 12.4. The van der Waals surface area contributed by atoms with Crippen LogP contribution in [0.25, 0.3) is 0 Å². The monoisotopic (exact) mass is 342 g/mol. The lowest BCUT2D eigenvalue weighted by Gasteiger charge is -2.12. The van der Waals surface area contributed by atoms with Crippen LogP contribution in [-0.4, -0.2) is 7.11 Å². The third kappa shape index (κ3) is 3.71. The summed E-state index contributed by atoms with van der Waals surface area (Å²) in [6.45, 7) is 0. The summed E-state index contributed by atoms with van der Waals surface area (Å²) in [7, 11) is 1.52. The van der Waals surface area contributed by atoms with Crippen molar-refractivity contribution in [3.63, 3.8) is 0 Å². The van der Waals surface area contributed by atoms with Gasteiger partial charge in [0.05, 0.1) is 7.11 Å². The van der Waals surface area contributed by atoms with E-state index in [9.17, 15) is 4.39 Å². The van der Waals surface area contributed by atoms with Gasteiger partial charge in [-0.1, -0.05) is 45.7 Å². The molecule has 0 aromatic heterocycles. The molecule has 2 aromatic carbocycles. The number of rotatable bonds is 4. The van der Waals surface area contributed by atoms with Crippen LogP contribution < -0.4 is 4.74 Å². The molecule has 2 rings (SSSR count). The minimum Gasteiger partial charge on any atom is -0.497 e. The first kappa shape index (κ1) is 14.4. The molecule has 0 aliphatic heterocycles. The Balaban J connectivity index is 2.15. The van der Waals surface area contributed by atoms with E-state index in [2.05, 4.69) is 15.9 Å². The highest BCUT2D eigenvalue weighted by Crippen LogP contribution is 2.31. The molecule has 4 heteroatoms. The third-order valence-corrected chi connectivity index (χ3v) is 3.94. The molecule has 0 fully saturated rings. The topological polar surface area (TPSA) is 9.23 Å². The van der Waals surface area contributed by atoms with Gasteiger partial charge in [0.15, 0.2) is 0 Å². The lowest BCUT2D eigenvalue weighted by atomic mass is 10.0. The van der Waals surface area contributed by atoms with Gasteiger partial charge in [-0.3, -0.25) is 0 Å².